The zero-order valence-electron chi connectivity index (χ0n) is 14.0. The summed E-state index contributed by atoms with van der Waals surface area (Å²) >= 11 is 0. The lowest BCUT2D eigenvalue weighted by molar-refractivity contribution is -0.385. The topological polar surface area (TPSA) is 74.5 Å². The fraction of sp³-hybridized carbons (Fsp3) is 0.167. The first-order valence-corrected chi connectivity index (χ1v) is 7.63. The third-order valence-electron chi connectivity index (χ3n) is 3.26. The molecule has 0 N–H and O–H groups in total. The van der Waals surface area contributed by atoms with Crippen molar-refractivity contribution in [1.82, 2.24) is 4.98 Å². The number of nitro groups is 1. The molecule has 0 amide bonds. The van der Waals surface area contributed by atoms with Gasteiger partial charge < -0.3 is 9.47 Å². The second kappa shape index (κ2) is 8.05. The molecule has 0 atom stereocenters. The quantitative estimate of drug-likeness (QED) is 0.486. The molecule has 0 saturated carbocycles. The first-order chi connectivity index (χ1) is 12.1. The monoisotopic (exact) mass is 344 g/mol. The maximum absolute atomic E-state index is 13.9. The Labute approximate surface area is 144 Å². The number of rotatable bonds is 4. The van der Waals surface area contributed by atoms with E-state index >= 15 is 0 Å². The van der Waals surface area contributed by atoms with Crippen LogP contribution in [0.3, 0.4) is 0 Å². The van der Waals surface area contributed by atoms with Crippen LogP contribution in [0.5, 0.6) is 17.2 Å². The molecule has 7 heteroatoms. The minimum absolute atomic E-state index is 0.0982. The third kappa shape index (κ3) is 4.00. The molecule has 0 radical (unpaired) electrons. The zero-order valence-corrected chi connectivity index (χ0v) is 14.0. The van der Waals surface area contributed by atoms with Gasteiger partial charge in [-0.2, -0.15) is 0 Å². The Hall–Kier alpha value is -3.22. The molecule has 0 unspecified atom stereocenters. The van der Waals surface area contributed by atoms with E-state index in [1.54, 1.807) is 31.4 Å². The van der Waals surface area contributed by atoms with E-state index in [-0.39, 0.29) is 11.4 Å². The lowest BCUT2D eigenvalue weighted by atomic mass is 10.2. The Balaban J connectivity index is 0.00000109. The van der Waals surface area contributed by atoms with Crippen molar-refractivity contribution >= 4 is 16.6 Å². The lowest BCUT2D eigenvalue weighted by Crippen LogP contribution is -1.93. The zero-order chi connectivity index (χ0) is 18.4. The fourth-order valence-electron chi connectivity index (χ4n) is 2.12. The highest BCUT2D eigenvalue weighted by atomic mass is 19.1. The molecular formula is C18H17FN2O4. The molecule has 25 heavy (non-hydrogen) atoms. The van der Waals surface area contributed by atoms with Gasteiger partial charge in [0.2, 0.25) is 0 Å². The predicted molar refractivity (Wildman–Crippen MR) is 92.8 cm³/mol. The van der Waals surface area contributed by atoms with Gasteiger partial charge in [0, 0.05) is 23.7 Å². The van der Waals surface area contributed by atoms with Gasteiger partial charge in [-0.25, -0.2) is 4.39 Å². The molecule has 0 aliphatic heterocycles. The maximum Gasteiger partial charge on any atom is 0.272 e. The Kier molecular flexibility index (Phi) is 5.84. The molecule has 0 spiro atoms. The summed E-state index contributed by atoms with van der Waals surface area (Å²) in [6.07, 6.45) is 1.53. The summed E-state index contributed by atoms with van der Waals surface area (Å²) < 4.78 is 24.6. The van der Waals surface area contributed by atoms with Gasteiger partial charge in [0.05, 0.1) is 23.6 Å². The van der Waals surface area contributed by atoms with Crippen molar-refractivity contribution in [2.75, 3.05) is 7.11 Å². The molecule has 0 aliphatic carbocycles. The Morgan fingerprint density at radius 3 is 2.48 bits per heavy atom. The van der Waals surface area contributed by atoms with Crippen molar-refractivity contribution in [3.05, 3.63) is 64.6 Å². The summed E-state index contributed by atoms with van der Waals surface area (Å²) in [5.41, 5.74) is 0.295. The normalized spacial score (nSPS) is 9.92. The highest BCUT2D eigenvalue weighted by molar-refractivity contribution is 5.86. The molecule has 0 fully saturated rings. The van der Waals surface area contributed by atoms with Crippen molar-refractivity contribution in [2.45, 2.75) is 13.8 Å². The second-order valence-corrected chi connectivity index (χ2v) is 4.67. The van der Waals surface area contributed by atoms with Crippen LogP contribution >= 0.6 is 0 Å². The summed E-state index contributed by atoms with van der Waals surface area (Å²) in [5, 5.41) is 11.3. The van der Waals surface area contributed by atoms with Crippen LogP contribution in [-0.2, 0) is 0 Å². The average molecular weight is 344 g/mol. The van der Waals surface area contributed by atoms with Gasteiger partial charge in [-0.05, 0) is 24.3 Å². The van der Waals surface area contributed by atoms with Crippen molar-refractivity contribution in [2.24, 2.45) is 0 Å². The number of hydrogen-bond donors (Lipinski definition) is 0. The lowest BCUT2D eigenvalue weighted by Gasteiger charge is -2.10. The van der Waals surface area contributed by atoms with Gasteiger partial charge in [-0.15, -0.1) is 0 Å². The summed E-state index contributed by atoms with van der Waals surface area (Å²) in [5.74, 6) is 0.130. The van der Waals surface area contributed by atoms with E-state index in [0.717, 1.165) is 6.07 Å². The van der Waals surface area contributed by atoms with Gasteiger partial charge in [-0.1, -0.05) is 13.8 Å². The molecule has 0 saturated heterocycles. The number of hydrogen-bond acceptors (Lipinski definition) is 5. The standard InChI is InChI=1S/C16H11FN2O4.C2H6/c1-22-11-3-4-12-14(9-11)18-7-6-15(12)23-16-5-2-10(19(20)21)8-13(16)17;1-2/h2-9H,1H3;1-2H3. The number of non-ortho nitro benzene ring substituents is 1. The van der Waals surface area contributed by atoms with Crippen molar-refractivity contribution < 1.29 is 18.8 Å². The smallest absolute Gasteiger partial charge is 0.272 e. The van der Waals surface area contributed by atoms with E-state index in [4.69, 9.17) is 9.47 Å². The molecular weight excluding hydrogens is 327 g/mol. The minimum atomic E-state index is -0.808. The Morgan fingerprint density at radius 1 is 1.08 bits per heavy atom. The number of ether oxygens (including phenoxy) is 2. The predicted octanol–water partition coefficient (Wildman–Crippen LogP) is 5.11. The fourth-order valence-corrected chi connectivity index (χ4v) is 2.12. The number of pyridine rings is 1. The number of fused-ring (bicyclic) bond motifs is 1. The molecule has 3 aromatic rings. The first kappa shape index (κ1) is 18.1. The number of methoxy groups -OCH3 is 1. The van der Waals surface area contributed by atoms with Crippen LogP contribution in [-0.4, -0.2) is 17.0 Å². The molecule has 1 aromatic heterocycles. The molecule has 0 aliphatic rings. The molecule has 6 nitrogen and oxygen atoms in total. The molecule has 1 heterocycles. The maximum atomic E-state index is 13.9. The number of nitro benzene ring substituents is 1. The molecule has 130 valence electrons. The van der Waals surface area contributed by atoms with Gasteiger partial charge in [0.1, 0.15) is 11.5 Å². The largest absolute Gasteiger partial charge is 0.497 e. The SMILES string of the molecule is CC.COc1ccc2c(Oc3ccc([N+](=O)[O-])cc3F)ccnc2c1. The summed E-state index contributed by atoms with van der Waals surface area (Å²) in [7, 11) is 1.55. The van der Waals surface area contributed by atoms with Crippen LogP contribution in [0.4, 0.5) is 10.1 Å². The average Bonchev–Trinajstić information content (AvgIpc) is 2.64. The Morgan fingerprint density at radius 2 is 1.84 bits per heavy atom. The van der Waals surface area contributed by atoms with Crippen LogP contribution in [0.1, 0.15) is 13.8 Å². The van der Waals surface area contributed by atoms with Crippen LogP contribution in [0.25, 0.3) is 10.9 Å². The van der Waals surface area contributed by atoms with E-state index < -0.39 is 10.7 Å². The van der Waals surface area contributed by atoms with E-state index in [1.165, 1.54) is 18.3 Å². The summed E-state index contributed by atoms with van der Waals surface area (Å²) in [4.78, 5) is 14.2. The van der Waals surface area contributed by atoms with Crippen LogP contribution in [0, 0.1) is 15.9 Å². The van der Waals surface area contributed by atoms with E-state index in [9.17, 15) is 14.5 Å². The first-order valence-electron chi connectivity index (χ1n) is 7.63. The second-order valence-electron chi connectivity index (χ2n) is 4.67. The highest BCUT2D eigenvalue weighted by Gasteiger charge is 2.13. The van der Waals surface area contributed by atoms with Crippen LogP contribution < -0.4 is 9.47 Å². The van der Waals surface area contributed by atoms with E-state index in [2.05, 4.69) is 4.98 Å². The number of halogens is 1. The highest BCUT2D eigenvalue weighted by Crippen LogP contribution is 2.32. The summed E-state index contributed by atoms with van der Waals surface area (Å²) in [6, 6.07) is 10.0. The molecule has 2 aromatic carbocycles. The van der Waals surface area contributed by atoms with Crippen molar-refractivity contribution in [1.29, 1.82) is 0 Å². The molecule has 3 rings (SSSR count). The van der Waals surface area contributed by atoms with Gasteiger partial charge in [-0.3, -0.25) is 15.1 Å². The van der Waals surface area contributed by atoms with Crippen molar-refractivity contribution in [3.63, 3.8) is 0 Å². The van der Waals surface area contributed by atoms with Gasteiger partial charge in [0.25, 0.3) is 5.69 Å². The van der Waals surface area contributed by atoms with Crippen LogP contribution in [0.15, 0.2) is 48.7 Å². The van der Waals surface area contributed by atoms with Gasteiger partial charge in [0.15, 0.2) is 11.6 Å². The number of benzene rings is 2. The Bertz CT molecular complexity index is 899. The van der Waals surface area contributed by atoms with E-state index in [0.29, 0.717) is 22.4 Å². The van der Waals surface area contributed by atoms with Crippen molar-refractivity contribution in [3.8, 4) is 17.2 Å². The number of nitrogens with zero attached hydrogens (tertiary/aromatic N) is 2. The van der Waals surface area contributed by atoms with E-state index in [1.807, 2.05) is 13.8 Å². The minimum Gasteiger partial charge on any atom is -0.497 e. The molecule has 0 bridgehead atoms. The van der Waals surface area contributed by atoms with Crippen LogP contribution in [0.2, 0.25) is 0 Å². The third-order valence-corrected chi connectivity index (χ3v) is 3.26. The van der Waals surface area contributed by atoms with Gasteiger partial charge >= 0.3 is 0 Å². The summed E-state index contributed by atoms with van der Waals surface area (Å²) in [6.45, 7) is 4.00. The number of aromatic nitrogens is 1.